The molecule has 2 amide bonds. The third kappa shape index (κ3) is 9.26. The van der Waals surface area contributed by atoms with Gasteiger partial charge in [0.05, 0.1) is 10.8 Å². The van der Waals surface area contributed by atoms with E-state index in [4.69, 9.17) is 11.6 Å². The van der Waals surface area contributed by atoms with Crippen LogP contribution in [-0.2, 0) is 9.84 Å². The molecule has 0 saturated heterocycles. The van der Waals surface area contributed by atoms with E-state index in [0.29, 0.717) is 24.5 Å². The molecule has 31 heavy (non-hydrogen) atoms. The highest BCUT2D eigenvalue weighted by Gasteiger charge is 2.32. The van der Waals surface area contributed by atoms with Crippen LogP contribution < -0.4 is 20.7 Å². The lowest BCUT2D eigenvalue weighted by molar-refractivity contribution is -0.274. The highest BCUT2D eigenvalue weighted by atomic mass is 35.5. The summed E-state index contributed by atoms with van der Waals surface area (Å²) in [6.45, 7) is 2.02. The number of nitrogens with one attached hydrogen (secondary N) is 3. The molecule has 0 spiro atoms. The summed E-state index contributed by atoms with van der Waals surface area (Å²) in [5.41, 5.74) is 0.649. The van der Waals surface area contributed by atoms with Crippen LogP contribution in [0.1, 0.15) is 12.1 Å². The Kier molecular flexibility index (Phi) is 7.90. The number of aromatic nitrogens is 2. The number of hydrogen-bond donors (Lipinski definition) is 3. The zero-order chi connectivity index (χ0) is 23.2. The number of rotatable bonds is 8. The highest BCUT2D eigenvalue weighted by molar-refractivity contribution is 7.90. The Morgan fingerprint density at radius 1 is 1.19 bits per heavy atom. The summed E-state index contributed by atoms with van der Waals surface area (Å²) in [5, 5.41) is 7.39. The summed E-state index contributed by atoms with van der Waals surface area (Å²) in [5.74, 6) is -0.236. The maximum absolute atomic E-state index is 12.3. The molecule has 0 aliphatic rings. The molecule has 0 fully saturated rings. The van der Waals surface area contributed by atoms with Crippen molar-refractivity contribution in [1.29, 1.82) is 0 Å². The molecule has 0 unspecified atom stereocenters. The number of nitrogens with zero attached hydrogens (tertiary/aromatic N) is 2. The minimum Gasteiger partial charge on any atom is -0.404 e. The van der Waals surface area contributed by atoms with Gasteiger partial charge in [0, 0.05) is 30.2 Å². The fraction of sp³-hybridized carbons (Fsp3) is 0.353. The largest absolute Gasteiger partial charge is 0.573 e. The van der Waals surface area contributed by atoms with E-state index in [1.807, 2.05) is 0 Å². The molecule has 3 N–H and O–H groups in total. The van der Waals surface area contributed by atoms with Crippen LogP contribution in [0.2, 0.25) is 5.02 Å². The van der Waals surface area contributed by atoms with Crippen molar-refractivity contribution in [3.63, 3.8) is 0 Å². The Hall–Kier alpha value is -2.80. The zero-order valence-corrected chi connectivity index (χ0v) is 18.0. The molecule has 1 aromatic carbocycles. The molecule has 2 aromatic rings. The van der Waals surface area contributed by atoms with E-state index in [9.17, 15) is 26.4 Å². The van der Waals surface area contributed by atoms with Crippen LogP contribution in [0, 0.1) is 6.92 Å². The van der Waals surface area contributed by atoms with Crippen molar-refractivity contribution in [2.45, 2.75) is 19.7 Å². The molecule has 1 aromatic heterocycles. The first-order chi connectivity index (χ1) is 14.3. The minimum atomic E-state index is -4.89. The third-order valence-electron chi connectivity index (χ3n) is 3.49. The molecule has 9 nitrogen and oxygen atoms in total. The number of ether oxygens (including phenoxy) is 1. The van der Waals surface area contributed by atoms with Gasteiger partial charge in [0.25, 0.3) is 0 Å². The Labute approximate surface area is 181 Å². The summed E-state index contributed by atoms with van der Waals surface area (Å²) in [6.07, 6.45) is -3.37. The van der Waals surface area contributed by atoms with E-state index in [0.717, 1.165) is 18.4 Å². The highest BCUT2D eigenvalue weighted by Crippen LogP contribution is 2.32. The van der Waals surface area contributed by atoms with Crippen LogP contribution in [0.15, 0.2) is 24.3 Å². The molecule has 0 aliphatic heterocycles. The van der Waals surface area contributed by atoms with E-state index in [1.165, 1.54) is 6.07 Å². The molecule has 2 rings (SSSR count). The van der Waals surface area contributed by atoms with E-state index in [-0.39, 0.29) is 22.4 Å². The van der Waals surface area contributed by atoms with Gasteiger partial charge in [-0.2, -0.15) is 4.98 Å². The number of carbonyl (C=O) groups is 1. The minimum absolute atomic E-state index is 0.0208. The number of carbonyl (C=O) groups excluding carboxylic acids is 1. The van der Waals surface area contributed by atoms with Gasteiger partial charge in [-0.3, -0.25) is 5.32 Å². The van der Waals surface area contributed by atoms with Gasteiger partial charge in [-0.1, -0.05) is 11.6 Å². The first kappa shape index (κ1) is 24.5. The molecular formula is C17H19ClF3N5O4S. The number of halogens is 4. The lowest BCUT2D eigenvalue weighted by Crippen LogP contribution is -2.22. The number of amides is 2. The maximum Gasteiger partial charge on any atom is 0.573 e. The normalized spacial score (nSPS) is 11.7. The smallest absolute Gasteiger partial charge is 0.404 e. The molecule has 0 aliphatic carbocycles. The van der Waals surface area contributed by atoms with Crippen molar-refractivity contribution in [3.8, 4) is 5.75 Å². The van der Waals surface area contributed by atoms with Gasteiger partial charge in [0.2, 0.25) is 5.95 Å². The molecule has 0 bridgehead atoms. The standard InChI is InChI=1S/C17H19ClF3N5O4S/c1-10-8-14(22-6-3-7-31(2,28)29)25-15(23-10)26-16(27)24-11-4-5-13(12(18)9-11)30-17(19,20)21/h4-5,8-9H,3,6-7H2,1-2H3,(H3,22,23,24,25,26,27). The molecule has 0 atom stereocenters. The van der Waals surface area contributed by atoms with Crippen molar-refractivity contribution >= 4 is 44.9 Å². The number of hydrogen-bond acceptors (Lipinski definition) is 7. The van der Waals surface area contributed by atoms with Crippen LogP contribution >= 0.6 is 11.6 Å². The second-order valence-corrected chi connectivity index (χ2v) is 9.07. The maximum atomic E-state index is 12.3. The topological polar surface area (TPSA) is 122 Å². The van der Waals surface area contributed by atoms with Gasteiger partial charge in [-0.25, -0.2) is 18.2 Å². The van der Waals surface area contributed by atoms with Crippen molar-refractivity contribution in [3.05, 3.63) is 35.0 Å². The summed E-state index contributed by atoms with van der Waals surface area (Å²) >= 11 is 5.74. The number of alkyl halides is 3. The first-order valence-electron chi connectivity index (χ1n) is 8.71. The van der Waals surface area contributed by atoms with Gasteiger partial charge in [0.1, 0.15) is 21.4 Å². The number of sulfone groups is 1. The van der Waals surface area contributed by atoms with E-state index in [1.54, 1.807) is 13.0 Å². The van der Waals surface area contributed by atoms with Gasteiger partial charge in [-0.15, -0.1) is 13.2 Å². The number of anilines is 3. The van der Waals surface area contributed by atoms with Crippen LogP contribution in [0.4, 0.5) is 35.4 Å². The Morgan fingerprint density at radius 2 is 1.90 bits per heavy atom. The van der Waals surface area contributed by atoms with E-state index in [2.05, 4.69) is 30.7 Å². The molecule has 1 heterocycles. The molecule has 0 saturated carbocycles. The van der Waals surface area contributed by atoms with Crippen molar-refractivity contribution < 1.29 is 31.1 Å². The van der Waals surface area contributed by atoms with Crippen molar-refractivity contribution in [2.75, 3.05) is 34.5 Å². The summed E-state index contributed by atoms with van der Waals surface area (Å²) < 4.78 is 62.9. The summed E-state index contributed by atoms with van der Waals surface area (Å²) in [6, 6.07) is 4.09. The quantitative estimate of drug-likeness (QED) is 0.490. The van der Waals surface area contributed by atoms with Gasteiger partial charge in [0.15, 0.2) is 0 Å². The number of urea groups is 1. The average Bonchev–Trinajstić information content (AvgIpc) is 2.59. The lowest BCUT2D eigenvalue weighted by atomic mass is 10.3. The van der Waals surface area contributed by atoms with Crippen molar-refractivity contribution in [1.82, 2.24) is 9.97 Å². The SMILES string of the molecule is Cc1cc(NCCCS(C)(=O)=O)nc(NC(=O)Nc2ccc(OC(F)(F)F)c(Cl)c2)n1. The van der Waals surface area contributed by atoms with E-state index < -0.39 is 28.0 Å². The van der Waals surface area contributed by atoms with Crippen LogP contribution in [0.5, 0.6) is 5.75 Å². The number of benzene rings is 1. The first-order valence-corrected chi connectivity index (χ1v) is 11.2. The Bertz CT molecular complexity index is 1050. The van der Waals surface area contributed by atoms with Gasteiger partial charge >= 0.3 is 12.4 Å². The van der Waals surface area contributed by atoms with Gasteiger partial charge in [-0.05, 0) is 31.5 Å². The second-order valence-electron chi connectivity index (χ2n) is 6.40. The zero-order valence-electron chi connectivity index (χ0n) is 16.4. The summed E-state index contributed by atoms with van der Waals surface area (Å²) in [4.78, 5) is 20.3. The molecule has 14 heteroatoms. The third-order valence-corrected chi connectivity index (χ3v) is 4.82. The Balaban J connectivity index is 1.97. The van der Waals surface area contributed by atoms with Crippen LogP contribution in [-0.4, -0.2) is 49.3 Å². The average molecular weight is 482 g/mol. The Morgan fingerprint density at radius 3 is 2.52 bits per heavy atom. The molecular weight excluding hydrogens is 463 g/mol. The van der Waals surface area contributed by atoms with Crippen LogP contribution in [0.3, 0.4) is 0 Å². The summed E-state index contributed by atoms with van der Waals surface area (Å²) in [7, 11) is -3.07. The molecule has 170 valence electrons. The lowest BCUT2D eigenvalue weighted by Gasteiger charge is -2.12. The van der Waals surface area contributed by atoms with Gasteiger partial charge < -0.3 is 15.4 Å². The predicted octanol–water partition coefficient (Wildman–Crippen LogP) is 3.83. The van der Waals surface area contributed by atoms with E-state index >= 15 is 0 Å². The number of aryl methyl sites for hydroxylation is 1. The van der Waals surface area contributed by atoms with Crippen molar-refractivity contribution in [2.24, 2.45) is 0 Å². The molecule has 0 radical (unpaired) electrons. The predicted molar refractivity (Wildman–Crippen MR) is 110 cm³/mol. The monoisotopic (exact) mass is 481 g/mol. The fourth-order valence-electron chi connectivity index (χ4n) is 2.32. The second kappa shape index (κ2) is 10.0. The van der Waals surface area contributed by atoms with Crippen LogP contribution in [0.25, 0.3) is 0 Å². The fourth-order valence-corrected chi connectivity index (χ4v) is 3.20.